The fraction of sp³-hybridized carbons (Fsp3) is 0.519. The zero-order chi connectivity index (χ0) is 30.1. The van der Waals surface area contributed by atoms with Crippen molar-refractivity contribution in [2.24, 2.45) is 5.92 Å². The summed E-state index contributed by atoms with van der Waals surface area (Å²) in [4.78, 5) is 25.8. The van der Waals surface area contributed by atoms with Crippen molar-refractivity contribution in [1.29, 1.82) is 0 Å². The molecule has 2 fully saturated rings. The standard InChI is InChI=1S/C27H30Cl2F2N2O7S/c1-26(2,3)40-25(36)33-8-9-41-27(33,23(34)35)18(11-17-19(28)12-32(37)13-20(17)29)16-6-7-21(39-24(30)31)22(10-16)38-14-15-4-5-15/h6-7,10,12-13,15,18,24H,4-5,8-9,11,14H2,1-3H3,(H,34,35)/t18-,27-/m0/s1. The van der Waals surface area contributed by atoms with Crippen LogP contribution < -0.4 is 14.2 Å². The molecule has 2 aliphatic rings. The molecule has 41 heavy (non-hydrogen) atoms. The number of alkyl halides is 2. The number of carboxylic acid groups (broad SMARTS) is 1. The minimum Gasteiger partial charge on any atom is -0.619 e. The van der Waals surface area contributed by atoms with Crippen molar-refractivity contribution >= 4 is 47.0 Å². The third-order valence-electron chi connectivity index (χ3n) is 6.65. The van der Waals surface area contributed by atoms with E-state index >= 15 is 0 Å². The maximum Gasteiger partial charge on any atom is 0.411 e. The van der Waals surface area contributed by atoms with Gasteiger partial charge < -0.3 is 24.5 Å². The smallest absolute Gasteiger partial charge is 0.411 e. The van der Waals surface area contributed by atoms with Crippen LogP contribution in [-0.4, -0.2) is 58.1 Å². The van der Waals surface area contributed by atoms with E-state index < -0.39 is 35.1 Å². The van der Waals surface area contributed by atoms with Gasteiger partial charge in [-0.3, -0.25) is 4.90 Å². The molecule has 1 aliphatic heterocycles. The molecule has 1 N–H and O–H groups in total. The fourth-order valence-electron chi connectivity index (χ4n) is 4.65. The lowest BCUT2D eigenvalue weighted by Gasteiger charge is -2.41. The second-order valence-electron chi connectivity index (χ2n) is 10.9. The second kappa shape index (κ2) is 12.3. The maximum atomic E-state index is 13.4. The maximum absolute atomic E-state index is 13.4. The highest BCUT2D eigenvalue weighted by atomic mass is 35.5. The molecule has 2 aromatic rings. The molecule has 0 radical (unpaired) electrons. The average Bonchev–Trinajstić information content (AvgIpc) is 3.57. The summed E-state index contributed by atoms with van der Waals surface area (Å²) in [5.74, 6) is -2.02. The van der Waals surface area contributed by atoms with Gasteiger partial charge in [0.25, 0.3) is 0 Å². The van der Waals surface area contributed by atoms with E-state index in [0.29, 0.717) is 10.3 Å². The molecular formula is C27H30Cl2F2N2O7S. The van der Waals surface area contributed by atoms with E-state index in [1.54, 1.807) is 20.8 Å². The number of pyridine rings is 1. The van der Waals surface area contributed by atoms with Crippen LogP contribution in [0.15, 0.2) is 30.6 Å². The molecule has 1 saturated heterocycles. The fourth-order valence-corrected chi connectivity index (χ4v) is 6.70. The van der Waals surface area contributed by atoms with E-state index in [4.69, 9.17) is 32.7 Å². The summed E-state index contributed by atoms with van der Waals surface area (Å²) in [6.07, 6.45) is 3.10. The number of thioether (sulfide) groups is 1. The summed E-state index contributed by atoms with van der Waals surface area (Å²) in [6.45, 7) is 2.23. The van der Waals surface area contributed by atoms with Crippen molar-refractivity contribution in [3.63, 3.8) is 0 Å². The number of ether oxygens (including phenoxy) is 3. The Kier molecular flexibility index (Phi) is 9.35. The lowest BCUT2D eigenvalue weighted by Crippen LogP contribution is -2.56. The molecule has 1 aliphatic carbocycles. The molecule has 1 amide bonds. The van der Waals surface area contributed by atoms with Crippen LogP contribution in [0.5, 0.6) is 11.5 Å². The third kappa shape index (κ3) is 7.21. The van der Waals surface area contributed by atoms with Crippen molar-refractivity contribution in [2.45, 2.75) is 63.0 Å². The Hall–Kier alpha value is -2.70. The summed E-state index contributed by atoms with van der Waals surface area (Å²) in [7, 11) is 0. The number of carbonyl (C=O) groups is 2. The van der Waals surface area contributed by atoms with Gasteiger partial charge in [0.2, 0.25) is 0 Å². The van der Waals surface area contributed by atoms with Gasteiger partial charge in [0.15, 0.2) is 28.8 Å². The topological polar surface area (TPSA) is 112 Å². The van der Waals surface area contributed by atoms with Gasteiger partial charge in [-0.15, -0.1) is 11.8 Å². The number of rotatable bonds is 10. The van der Waals surface area contributed by atoms with Crippen LogP contribution in [0.1, 0.15) is 50.7 Å². The molecule has 1 saturated carbocycles. The third-order valence-corrected chi connectivity index (χ3v) is 8.81. The van der Waals surface area contributed by atoms with Crippen LogP contribution in [0.25, 0.3) is 0 Å². The quantitative estimate of drug-likeness (QED) is 0.246. The zero-order valence-electron chi connectivity index (χ0n) is 22.6. The van der Waals surface area contributed by atoms with Gasteiger partial charge in [0, 0.05) is 23.8 Å². The van der Waals surface area contributed by atoms with Crippen LogP contribution in [0, 0.1) is 11.1 Å². The predicted octanol–water partition coefficient (Wildman–Crippen LogP) is 6.11. The first-order valence-corrected chi connectivity index (χ1v) is 14.6. The molecule has 0 bridgehead atoms. The number of carboxylic acids is 1. The monoisotopic (exact) mass is 634 g/mol. The van der Waals surface area contributed by atoms with Crippen LogP contribution in [0.2, 0.25) is 10.0 Å². The van der Waals surface area contributed by atoms with Crippen molar-refractivity contribution < 1.29 is 42.4 Å². The highest BCUT2D eigenvalue weighted by Gasteiger charge is 2.58. The van der Waals surface area contributed by atoms with Gasteiger partial charge in [0.1, 0.15) is 15.6 Å². The number of hydrogen-bond donors (Lipinski definition) is 1. The van der Waals surface area contributed by atoms with Gasteiger partial charge in [-0.2, -0.15) is 13.5 Å². The number of aliphatic carboxylic acids is 1. The molecule has 4 rings (SSSR count). The van der Waals surface area contributed by atoms with Gasteiger partial charge in [-0.25, -0.2) is 9.59 Å². The van der Waals surface area contributed by atoms with Gasteiger partial charge in [-0.05, 0) is 63.6 Å². The minimum absolute atomic E-state index is 0.00675. The molecular weight excluding hydrogens is 605 g/mol. The molecule has 1 aromatic heterocycles. The largest absolute Gasteiger partial charge is 0.619 e. The first-order chi connectivity index (χ1) is 19.2. The molecule has 2 atom stereocenters. The van der Waals surface area contributed by atoms with Crippen molar-refractivity contribution in [1.82, 2.24) is 4.90 Å². The Balaban J connectivity index is 1.87. The van der Waals surface area contributed by atoms with E-state index in [-0.39, 0.29) is 58.4 Å². The van der Waals surface area contributed by atoms with Gasteiger partial charge in [0.05, 0.1) is 6.61 Å². The highest BCUT2D eigenvalue weighted by Crippen LogP contribution is 2.51. The van der Waals surface area contributed by atoms with Crippen molar-refractivity contribution in [2.75, 3.05) is 18.9 Å². The number of halogens is 4. The zero-order valence-corrected chi connectivity index (χ0v) is 24.9. The number of amides is 1. The number of nitrogens with zero attached hydrogens (tertiary/aromatic N) is 2. The molecule has 0 unspecified atom stereocenters. The molecule has 14 heteroatoms. The second-order valence-corrected chi connectivity index (χ2v) is 13.0. The van der Waals surface area contributed by atoms with Gasteiger partial charge in [-0.1, -0.05) is 29.3 Å². The van der Waals surface area contributed by atoms with E-state index in [9.17, 15) is 28.7 Å². The SMILES string of the molecule is CC(C)(C)OC(=O)N1CCS[C@]1(C(=O)O)[C@@H](Cc1c(Cl)c[n+]([O-])cc1Cl)c1ccc(OC(F)F)c(OCC2CC2)c1. The lowest BCUT2D eigenvalue weighted by atomic mass is 9.84. The summed E-state index contributed by atoms with van der Waals surface area (Å²) in [5, 5.41) is 22.7. The summed E-state index contributed by atoms with van der Waals surface area (Å²) >= 11 is 13.8. The predicted molar refractivity (Wildman–Crippen MR) is 149 cm³/mol. The van der Waals surface area contributed by atoms with Crippen molar-refractivity contribution in [3.8, 4) is 11.5 Å². The molecule has 0 spiro atoms. The lowest BCUT2D eigenvalue weighted by molar-refractivity contribution is -0.605. The van der Waals surface area contributed by atoms with Crippen LogP contribution >= 0.6 is 35.0 Å². The summed E-state index contributed by atoms with van der Waals surface area (Å²) < 4.78 is 42.9. The summed E-state index contributed by atoms with van der Waals surface area (Å²) in [6, 6.07) is 4.17. The van der Waals surface area contributed by atoms with E-state index in [1.165, 1.54) is 18.2 Å². The average molecular weight is 636 g/mol. The van der Waals surface area contributed by atoms with Crippen LogP contribution in [-0.2, 0) is 16.0 Å². The van der Waals surface area contributed by atoms with Crippen molar-refractivity contribution in [3.05, 3.63) is 57.0 Å². The Labute approximate surface area is 250 Å². The van der Waals surface area contributed by atoms with E-state index in [1.807, 2.05) is 0 Å². The number of carbonyl (C=O) groups excluding carboxylic acids is 1. The van der Waals surface area contributed by atoms with Crippen LogP contribution in [0.3, 0.4) is 0 Å². The van der Waals surface area contributed by atoms with E-state index in [2.05, 4.69) is 4.74 Å². The number of aromatic nitrogens is 1. The highest BCUT2D eigenvalue weighted by molar-refractivity contribution is 8.01. The normalized spacial score (nSPS) is 19.8. The summed E-state index contributed by atoms with van der Waals surface area (Å²) in [5.41, 5.74) is -0.291. The van der Waals surface area contributed by atoms with E-state index in [0.717, 1.165) is 41.9 Å². The first-order valence-electron chi connectivity index (χ1n) is 12.9. The molecule has 9 nitrogen and oxygen atoms in total. The molecule has 2 heterocycles. The Morgan fingerprint density at radius 1 is 1.22 bits per heavy atom. The van der Waals surface area contributed by atoms with Crippen LogP contribution in [0.4, 0.5) is 13.6 Å². The Bertz CT molecular complexity index is 1290. The van der Waals surface area contributed by atoms with Gasteiger partial charge >= 0.3 is 18.7 Å². The Morgan fingerprint density at radius 2 is 1.88 bits per heavy atom. The number of benzene rings is 1. The minimum atomic E-state index is -3.11. The first kappa shape index (κ1) is 31.2. The Morgan fingerprint density at radius 3 is 2.44 bits per heavy atom. The molecule has 1 aromatic carbocycles. The molecule has 224 valence electrons. The number of hydrogen-bond acceptors (Lipinski definition) is 7.